The van der Waals surface area contributed by atoms with Crippen molar-refractivity contribution >= 4 is 38.9 Å². The van der Waals surface area contributed by atoms with E-state index in [9.17, 15) is 22.0 Å². The number of halogens is 3. The van der Waals surface area contributed by atoms with E-state index in [1.807, 2.05) is 0 Å². The van der Waals surface area contributed by atoms with Crippen LogP contribution in [-0.2, 0) is 21.2 Å². The Kier molecular flexibility index (Phi) is 7.10. The predicted octanol–water partition coefficient (Wildman–Crippen LogP) is 3.10. The molecule has 1 heterocycles. The monoisotopic (exact) mass is 422 g/mol. The maximum Gasteiger partial charge on any atom is 0.250 e. The molecule has 0 saturated carbocycles. The number of aryl methyl sites for hydroxylation is 1. The van der Waals surface area contributed by atoms with E-state index in [1.54, 1.807) is 6.92 Å². The first kappa shape index (κ1) is 20.8. The van der Waals surface area contributed by atoms with Crippen LogP contribution in [0.1, 0.15) is 18.9 Å². The smallest absolute Gasteiger partial charge is 0.250 e. The molecule has 0 saturated heterocycles. The minimum Gasteiger partial charge on any atom is -0.353 e. The lowest BCUT2D eigenvalue weighted by atomic mass is 10.1. The van der Waals surface area contributed by atoms with E-state index in [-0.39, 0.29) is 10.3 Å². The lowest BCUT2D eigenvalue weighted by molar-refractivity contribution is -0.120. The van der Waals surface area contributed by atoms with Gasteiger partial charge in [0.1, 0.15) is 4.21 Å². The summed E-state index contributed by atoms with van der Waals surface area (Å²) < 4.78 is 52.6. The van der Waals surface area contributed by atoms with Crippen LogP contribution in [0.15, 0.2) is 34.5 Å². The number of nitrogens with one attached hydrogen (secondary N) is 2. The summed E-state index contributed by atoms with van der Waals surface area (Å²) in [4.78, 5) is 11.9. The zero-order chi connectivity index (χ0) is 19.3. The molecule has 2 rings (SSSR count). The molecule has 1 amide bonds. The largest absolute Gasteiger partial charge is 0.353 e. The van der Waals surface area contributed by atoms with Gasteiger partial charge in [-0.15, -0.1) is 11.3 Å². The maximum atomic E-state index is 13.2. The van der Waals surface area contributed by atoms with Crippen molar-refractivity contribution in [3.63, 3.8) is 0 Å². The van der Waals surface area contributed by atoms with Gasteiger partial charge in [0.05, 0.1) is 10.9 Å². The highest BCUT2D eigenvalue weighted by molar-refractivity contribution is 7.91. The topological polar surface area (TPSA) is 75.3 Å². The molecule has 0 aliphatic carbocycles. The van der Waals surface area contributed by atoms with Crippen molar-refractivity contribution in [3.05, 3.63) is 51.9 Å². The maximum absolute atomic E-state index is 13.2. The molecule has 1 aromatic carbocycles. The molecule has 1 aromatic heterocycles. The van der Waals surface area contributed by atoms with Crippen LogP contribution in [0.3, 0.4) is 0 Å². The van der Waals surface area contributed by atoms with E-state index >= 15 is 0 Å². The average Bonchev–Trinajstić information content (AvgIpc) is 3.02. The van der Waals surface area contributed by atoms with E-state index in [1.165, 1.54) is 18.2 Å². The Morgan fingerprint density at radius 2 is 1.96 bits per heavy atom. The minimum absolute atomic E-state index is 0.0293. The summed E-state index contributed by atoms with van der Waals surface area (Å²) in [5.74, 6) is -2.31. The first-order valence-corrected chi connectivity index (χ1v) is 10.3. The molecule has 0 aliphatic rings. The van der Waals surface area contributed by atoms with Gasteiger partial charge >= 0.3 is 0 Å². The Labute approximate surface area is 159 Å². The molecule has 26 heavy (non-hydrogen) atoms. The van der Waals surface area contributed by atoms with Gasteiger partial charge in [0.25, 0.3) is 10.0 Å². The predicted molar refractivity (Wildman–Crippen MR) is 96.8 cm³/mol. The van der Waals surface area contributed by atoms with Crippen LogP contribution in [0.5, 0.6) is 0 Å². The molecule has 0 radical (unpaired) electrons. The number of sulfonamides is 1. The number of carbonyl (C=O) groups is 1. The SMILES string of the molecule is CC(CCc1ccc(F)c(F)c1)NC(=O)CNS(=O)(=O)c1ccc(Cl)s1. The van der Waals surface area contributed by atoms with Crippen LogP contribution < -0.4 is 10.0 Å². The van der Waals surface area contributed by atoms with Gasteiger partial charge in [0.15, 0.2) is 11.6 Å². The second kappa shape index (κ2) is 8.90. The van der Waals surface area contributed by atoms with E-state index in [4.69, 9.17) is 11.6 Å². The summed E-state index contributed by atoms with van der Waals surface area (Å²) in [6.07, 6.45) is 0.933. The molecule has 0 aliphatic heterocycles. The first-order chi connectivity index (χ1) is 12.2. The molecule has 0 fully saturated rings. The molecule has 0 spiro atoms. The third-order valence-corrected chi connectivity index (χ3v) is 6.62. The second-order valence-corrected chi connectivity index (χ2v) is 9.35. The molecule has 142 valence electrons. The average molecular weight is 423 g/mol. The van der Waals surface area contributed by atoms with Crippen LogP contribution in [0.4, 0.5) is 8.78 Å². The lowest BCUT2D eigenvalue weighted by Crippen LogP contribution is -2.40. The van der Waals surface area contributed by atoms with Crippen LogP contribution in [-0.4, -0.2) is 26.9 Å². The Morgan fingerprint density at radius 1 is 1.23 bits per heavy atom. The van der Waals surface area contributed by atoms with Gasteiger partial charge in [-0.05, 0) is 49.6 Å². The lowest BCUT2D eigenvalue weighted by Gasteiger charge is -2.14. The molecule has 1 atom stereocenters. The van der Waals surface area contributed by atoms with E-state index < -0.39 is 34.1 Å². The number of benzene rings is 1. The third kappa shape index (κ3) is 6.01. The van der Waals surface area contributed by atoms with Gasteiger partial charge in [-0.1, -0.05) is 17.7 Å². The Morgan fingerprint density at radius 3 is 2.58 bits per heavy atom. The minimum atomic E-state index is -3.79. The normalized spacial score (nSPS) is 12.8. The number of thiophene rings is 1. The van der Waals surface area contributed by atoms with Crippen molar-refractivity contribution in [1.29, 1.82) is 0 Å². The van der Waals surface area contributed by atoms with Crippen molar-refractivity contribution in [2.24, 2.45) is 0 Å². The van der Waals surface area contributed by atoms with Gasteiger partial charge in [-0.3, -0.25) is 4.79 Å². The van der Waals surface area contributed by atoms with Gasteiger partial charge in [-0.25, -0.2) is 21.9 Å². The summed E-state index contributed by atoms with van der Waals surface area (Å²) in [6, 6.07) is 6.20. The Hall–Kier alpha value is -1.55. The molecule has 2 aromatic rings. The summed E-state index contributed by atoms with van der Waals surface area (Å²) >= 11 is 6.60. The fraction of sp³-hybridized carbons (Fsp3) is 0.312. The van der Waals surface area contributed by atoms with E-state index in [0.717, 1.165) is 23.5 Å². The van der Waals surface area contributed by atoms with Crippen LogP contribution in [0.2, 0.25) is 4.34 Å². The zero-order valence-corrected chi connectivity index (χ0v) is 16.1. The second-order valence-electron chi connectivity index (χ2n) is 5.64. The molecule has 0 bridgehead atoms. The highest BCUT2D eigenvalue weighted by Gasteiger charge is 2.18. The van der Waals surface area contributed by atoms with Crippen molar-refractivity contribution in [3.8, 4) is 0 Å². The van der Waals surface area contributed by atoms with Gasteiger partial charge in [0.2, 0.25) is 5.91 Å². The van der Waals surface area contributed by atoms with Crippen LogP contribution >= 0.6 is 22.9 Å². The fourth-order valence-electron chi connectivity index (χ4n) is 2.15. The fourth-order valence-corrected chi connectivity index (χ4v) is 4.66. The number of hydrogen-bond donors (Lipinski definition) is 2. The van der Waals surface area contributed by atoms with Crippen LogP contribution in [0, 0.1) is 11.6 Å². The standard InChI is InChI=1S/C16H17ClF2N2O3S2/c1-10(2-3-11-4-5-12(18)13(19)8-11)21-15(22)9-20-26(23,24)16-7-6-14(17)25-16/h4-8,10,20H,2-3,9H2,1H3,(H,21,22). The third-order valence-electron chi connectivity index (χ3n) is 3.49. The van der Waals surface area contributed by atoms with Crippen molar-refractivity contribution < 1.29 is 22.0 Å². The number of rotatable bonds is 8. The molecular weight excluding hydrogens is 406 g/mol. The first-order valence-electron chi connectivity index (χ1n) is 7.65. The highest BCUT2D eigenvalue weighted by atomic mass is 35.5. The summed E-state index contributed by atoms with van der Waals surface area (Å²) in [6.45, 7) is 1.33. The van der Waals surface area contributed by atoms with Gasteiger partial charge in [0, 0.05) is 6.04 Å². The quantitative estimate of drug-likeness (QED) is 0.686. The van der Waals surface area contributed by atoms with Crippen molar-refractivity contribution in [2.45, 2.75) is 30.0 Å². The number of amides is 1. The summed E-state index contributed by atoms with van der Waals surface area (Å²) in [5.41, 5.74) is 0.611. The highest BCUT2D eigenvalue weighted by Crippen LogP contribution is 2.25. The van der Waals surface area contributed by atoms with Crippen molar-refractivity contribution in [1.82, 2.24) is 10.0 Å². The summed E-state index contributed by atoms with van der Waals surface area (Å²) in [7, 11) is -3.79. The Balaban J connectivity index is 1.78. The molecule has 2 N–H and O–H groups in total. The van der Waals surface area contributed by atoms with E-state index in [0.29, 0.717) is 22.7 Å². The van der Waals surface area contributed by atoms with E-state index in [2.05, 4.69) is 10.0 Å². The number of carbonyl (C=O) groups excluding carboxylic acids is 1. The zero-order valence-electron chi connectivity index (χ0n) is 13.8. The summed E-state index contributed by atoms with van der Waals surface area (Å²) in [5, 5.41) is 2.65. The molecule has 5 nitrogen and oxygen atoms in total. The molecule has 1 unspecified atom stereocenters. The molecular formula is C16H17ClF2N2O3S2. The number of hydrogen-bond acceptors (Lipinski definition) is 4. The Bertz CT molecular complexity index is 887. The van der Waals surface area contributed by atoms with Gasteiger partial charge < -0.3 is 5.32 Å². The van der Waals surface area contributed by atoms with Crippen LogP contribution in [0.25, 0.3) is 0 Å². The molecule has 10 heteroatoms. The van der Waals surface area contributed by atoms with Crippen molar-refractivity contribution in [2.75, 3.05) is 6.54 Å². The van der Waals surface area contributed by atoms with Gasteiger partial charge in [-0.2, -0.15) is 0 Å².